The van der Waals surface area contributed by atoms with Gasteiger partial charge in [-0.2, -0.15) is 0 Å². The van der Waals surface area contributed by atoms with Crippen LogP contribution in [0.2, 0.25) is 0 Å². The summed E-state index contributed by atoms with van der Waals surface area (Å²) < 4.78 is 5.99. The van der Waals surface area contributed by atoms with Gasteiger partial charge in [-0.3, -0.25) is 14.5 Å². The quantitative estimate of drug-likeness (QED) is 0.218. The van der Waals surface area contributed by atoms with E-state index < -0.39 is 17.7 Å². The van der Waals surface area contributed by atoms with Crippen LogP contribution in [0, 0.1) is 6.92 Å². The van der Waals surface area contributed by atoms with Gasteiger partial charge in [0.05, 0.1) is 11.6 Å². The number of carbonyl (C=O) groups is 2. The molecule has 5 rings (SSSR count). The number of anilines is 1. The number of aliphatic hydroxyl groups is 1. The fourth-order valence-electron chi connectivity index (χ4n) is 4.06. The van der Waals surface area contributed by atoms with Gasteiger partial charge in [0.1, 0.15) is 18.1 Å². The van der Waals surface area contributed by atoms with E-state index in [1.807, 2.05) is 67.6 Å². The summed E-state index contributed by atoms with van der Waals surface area (Å²) in [7, 11) is 0. The zero-order chi connectivity index (χ0) is 24.4. The lowest BCUT2D eigenvalue weighted by Crippen LogP contribution is -2.29. The van der Waals surface area contributed by atoms with E-state index in [-0.39, 0.29) is 11.3 Å². The Bertz CT molecular complexity index is 1400. The number of amides is 1. The fourth-order valence-corrected chi connectivity index (χ4v) is 4.73. The van der Waals surface area contributed by atoms with Crippen molar-refractivity contribution in [1.29, 1.82) is 0 Å². The molecule has 4 aromatic rings. The summed E-state index contributed by atoms with van der Waals surface area (Å²) in [5.74, 6) is -1.11. The Balaban J connectivity index is 1.58. The molecule has 1 aliphatic rings. The number of aromatic nitrogens is 1. The number of Topliss-reactive ketones (excluding diaryl/α,β-unsaturated/α-hetero) is 1. The molecule has 3 aromatic carbocycles. The highest BCUT2D eigenvalue weighted by atomic mass is 32.1. The second-order valence-electron chi connectivity index (χ2n) is 8.20. The van der Waals surface area contributed by atoms with Crippen LogP contribution in [0.3, 0.4) is 0 Å². The van der Waals surface area contributed by atoms with Gasteiger partial charge >= 0.3 is 5.91 Å². The zero-order valence-corrected chi connectivity index (χ0v) is 19.7. The topological polar surface area (TPSA) is 79.7 Å². The molecule has 1 fully saturated rings. The predicted octanol–water partition coefficient (Wildman–Crippen LogP) is 5.66. The van der Waals surface area contributed by atoms with Crippen LogP contribution in [0.25, 0.3) is 5.76 Å². The first-order valence-corrected chi connectivity index (χ1v) is 11.9. The molecule has 1 unspecified atom stereocenters. The summed E-state index contributed by atoms with van der Waals surface area (Å²) >= 11 is 1.25. The van der Waals surface area contributed by atoms with E-state index in [0.717, 1.165) is 11.1 Å². The molecule has 7 heteroatoms. The number of hydrogen-bond donors (Lipinski definition) is 1. The van der Waals surface area contributed by atoms with Gasteiger partial charge in [0.2, 0.25) is 0 Å². The van der Waals surface area contributed by atoms with Crippen molar-refractivity contribution in [2.24, 2.45) is 0 Å². The van der Waals surface area contributed by atoms with Crippen LogP contribution in [0.15, 0.2) is 96.0 Å². The van der Waals surface area contributed by atoms with E-state index in [1.165, 1.54) is 16.2 Å². The molecule has 2 heterocycles. The highest BCUT2D eigenvalue weighted by molar-refractivity contribution is 7.14. The Morgan fingerprint density at radius 2 is 1.80 bits per heavy atom. The molecule has 1 aromatic heterocycles. The fraction of sp³-hybridized carbons (Fsp3) is 0.107. The lowest BCUT2D eigenvalue weighted by atomic mass is 9.95. The Morgan fingerprint density at radius 3 is 2.51 bits per heavy atom. The van der Waals surface area contributed by atoms with Crippen LogP contribution in [0.5, 0.6) is 5.75 Å². The molecule has 35 heavy (non-hydrogen) atoms. The van der Waals surface area contributed by atoms with Crippen LogP contribution < -0.4 is 9.64 Å². The second-order valence-corrected chi connectivity index (χ2v) is 9.07. The van der Waals surface area contributed by atoms with E-state index in [9.17, 15) is 14.7 Å². The standard InChI is InChI=1S/C28H22N2O4S/c1-18-10-12-20(13-11-18)25(31)23-24(30(27(33)26(23)32)28-29-14-15-35-28)21-8-5-9-22(16-21)34-17-19-6-3-2-4-7-19/h2-16,24,31H,17H2,1H3/b25-23+. The van der Waals surface area contributed by atoms with Gasteiger partial charge in [0, 0.05) is 17.1 Å². The Hall–Kier alpha value is -4.23. The number of rotatable bonds is 6. The van der Waals surface area contributed by atoms with E-state index in [1.54, 1.807) is 29.8 Å². The maximum atomic E-state index is 13.2. The first-order chi connectivity index (χ1) is 17.0. The SMILES string of the molecule is Cc1ccc(/C(O)=C2\C(=O)C(=O)N(c3nccs3)C2c2cccc(OCc3ccccc3)c2)cc1. The summed E-state index contributed by atoms with van der Waals surface area (Å²) in [6.45, 7) is 2.31. The van der Waals surface area contributed by atoms with Crippen molar-refractivity contribution in [1.82, 2.24) is 4.98 Å². The maximum absolute atomic E-state index is 13.2. The van der Waals surface area contributed by atoms with Crippen molar-refractivity contribution in [2.45, 2.75) is 19.6 Å². The van der Waals surface area contributed by atoms with Gasteiger partial charge < -0.3 is 9.84 Å². The van der Waals surface area contributed by atoms with Gasteiger partial charge in [0.15, 0.2) is 5.13 Å². The van der Waals surface area contributed by atoms with Crippen LogP contribution in [0.1, 0.15) is 28.3 Å². The van der Waals surface area contributed by atoms with Gasteiger partial charge in [-0.05, 0) is 30.2 Å². The second kappa shape index (κ2) is 9.56. The molecular formula is C28H22N2O4S. The van der Waals surface area contributed by atoms with Gasteiger partial charge in [0.25, 0.3) is 5.78 Å². The minimum absolute atomic E-state index is 0.0225. The first kappa shape index (κ1) is 22.6. The lowest BCUT2D eigenvalue weighted by Gasteiger charge is -2.23. The molecular weight excluding hydrogens is 460 g/mol. The van der Waals surface area contributed by atoms with Crippen LogP contribution in [-0.4, -0.2) is 21.8 Å². The molecule has 0 radical (unpaired) electrons. The summed E-state index contributed by atoms with van der Waals surface area (Å²) in [5.41, 5.74) is 3.16. The first-order valence-electron chi connectivity index (χ1n) is 11.1. The largest absolute Gasteiger partial charge is 0.507 e. The molecule has 0 spiro atoms. The molecule has 0 saturated carbocycles. The predicted molar refractivity (Wildman–Crippen MR) is 135 cm³/mol. The smallest absolute Gasteiger partial charge is 0.301 e. The Kier molecular flexibility index (Phi) is 6.16. The highest BCUT2D eigenvalue weighted by Gasteiger charge is 2.48. The molecule has 0 bridgehead atoms. The third-order valence-corrected chi connectivity index (χ3v) is 6.59. The minimum Gasteiger partial charge on any atom is -0.507 e. The highest BCUT2D eigenvalue weighted by Crippen LogP contribution is 2.43. The van der Waals surface area contributed by atoms with Gasteiger partial charge in [-0.15, -0.1) is 11.3 Å². The monoisotopic (exact) mass is 482 g/mol. The summed E-state index contributed by atoms with van der Waals surface area (Å²) in [5, 5.41) is 13.3. The van der Waals surface area contributed by atoms with Crippen LogP contribution >= 0.6 is 11.3 Å². The molecule has 1 aliphatic heterocycles. The average molecular weight is 483 g/mol. The van der Waals surface area contributed by atoms with Crippen molar-refractivity contribution in [3.63, 3.8) is 0 Å². The van der Waals surface area contributed by atoms with Gasteiger partial charge in [-0.25, -0.2) is 4.98 Å². The Labute approximate surface area is 206 Å². The molecule has 1 atom stereocenters. The maximum Gasteiger partial charge on any atom is 0.301 e. The van der Waals surface area contributed by atoms with E-state index in [4.69, 9.17) is 4.74 Å². The van der Waals surface area contributed by atoms with Crippen molar-refractivity contribution in [3.8, 4) is 5.75 Å². The number of aliphatic hydroxyl groups excluding tert-OH is 1. The van der Waals surface area contributed by atoms with Crippen LogP contribution in [-0.2, 0) is 16.2 Å². The summed E-state index contributed by atoms with van der Waals surface area (Å²) in [6.07, 6.45) is 1.58. The van der Waals surface area contributed by atoms with E-state index in [0.29, 0.717) is 28.6 Å². The number of nitrogens with zero attached hydrogens (tertiary/aromatic N) is 2. The normalized spacial score (nSPS) is 17.1. The number of benzene rings is 3. The van der Waals surface area contributed by atoms with Crippen molar-refractivity contribution >= 4 is 33.9 Å². The molecule has 6 nitrogen and oxygen atoms in total. The van der Waals surface area contributed by atoms with Crippen molar-refractivity contribution in [3.05, 3.63) is 118 Å². The number of thiazole rings is 1. The molecule has 1 saturated heterocycles. The molecule has 1 N–H and O–H groups in total. The number of carbonyl (C=O) groups excluding carboxylic acids is 2. The summed E-state index contributed by atoms with van der Waals surface area (Å²) in [6, 6.07) is 23.3. The average Bonchev–Trinajstić information content (AvgIpc) is 3.50. The Morgan fingerprint density at radius 1 is 1.03 bits per heavy atom. The zero-order valence-electron chi connectivity index (χ0n) is 18.9. The van der Waals surface area contributed by atoms with Crippen molar-refractivity contribution in [2.75, 3.05) is 4.90 Å². The summed E-state index contributed by atoms with van der Waals surface area (Å²) in [4.78, 5) is 32.0. The molecule has 174 valence electrons. The minimum atomic E-state index is -0.845. The number of hydrogen-bond acceptors (Lipinski definition) is 6. The molecule has 0 aliphatic carbocycles. The van der Waals surface area contributed by atoms with E-state index in [2.05, 4.69) is 4.98 Å². The third-order valence-electron chi connectivity index (χ3n) is 5.82. The number of aryl methyl sites for hydroxylation is 1. The van der Waals surface area contributed by atoms with E-state index >= 15 is 0 Å². The van der Waals surface area contributed by atoms with Crippen LogP contribution in [0.4, 0.5) is 5.13 Å². The van der Waals surface area contributed by atoms with Gasteiger partial charge in [-0.1, -0.05) is 72.3 Å². The number of ketones is 1. The third kappa shape index (κ3) is 4.46. The van der Waals surface area contributed by atoms with Crippen molar-refractivity contribution < 1.29 is 19.4 Å². The lowest BCUT2D eigenvalue weighted by molar-refractivity contribution is -0.132. The molecule has 1 amide bonds. The number of ether oxygens (including phenoxy) is 1.